The molecule has 1 amide bonds. The minimum Gasteiger partial charge on any atom is -0.319 e. The van der Waals surface area contributed by atoms with Crippen LogP contribution in [-0.2, 0) is 0 Å². The van der Waals surface area contributed by atoms with Gasteiger partial charge >= 0.3 is 0 Å². The van der Waals surface area contributed by atoms with Crippen molar-refractivity contribution in [1.29, 1.82) is 0 Å². The third-order valence-electron chi connectivity index (χ3n) is 1.97. The second-order valence-electron chi connectivity index (χ2n) is 3.43. The average Bonchev–Trinajstić information content (AvgIpc) is 2.29. The lowest BCUT2D eigenvalue weighted by atomic mass is 10.3. The quantitative estimate of drug-likeness (QED) is 0.884. The number of carbonyl (C=O) groups excluding carboxylic acids is 1. The van der Waals surface area contributed by atoms with E-state index in [1.165, 1.54) is 12.4 Å². The first kappa shape index (κ1) is 11.5. The molecule has 86 valence electrons. The van der Waals surface area contributed by atoms with E-state index in [-0.39, 0.29) is 16.8 Å². The van der Waals surface area contributed by atoms with Gasteiger partial charge in [0.15, 0.2) is 0 Å². The summed E-state index contributed by atoms with van der Waals surface area (Å²) in [5.41, 5.74) is 1.73. The van der Waals surface area contributed by atoms with Crippen LogP contribution in [0.5, 0.6) is 0 Å². The van der Waals surface area contributed by atoms with Crippen LogP contribution in [-0.4, -0.2) is 20.9 Å². The van der Waals surface area contributed by atoms with Crippen molar-refractivity contribution in [3.63, 3.8) is 0 Å². The number of rotatable bonds is 2. The Balaban J connectivity index is 2.17. The zero-order valence-corrected chi connectivity index (χ0v) is 9.77. The molecule has 0 aliphatic rings. The molecule has 0 atom stereocenters. The number of hydrogen-bond donors (Lipinski definition) is 1. The standard InChI is InChI=1S/C11H9ClN4O/c1-7-2-8(4-13-3-7)15-11(17)9-5-14-6-10(12)16-9/h2-6H,1H3,(H,15,17). The summed E-state index contributed by atoms with van der Waals surface area (Å²) in [5, 5.41) is 2.84. The highest BCUT2D eigenvalue weighted by molar-refractivity contribution is 6.29. The van der Waals surface area contributed by atoms with E-state index in [0.29, 0.717) is 5.69 Å². The predicted octanol–water partition coefficient (Wildman–Crippen LogP) is 2.09. The number of nitrogens with zero attached hydrogens (tertiary/aromatic N) is 3. The van der Waals surface area contributed by atoms with E-state index in [0.717, 1.165) is 5.56 Å². The van der Waals surface area contributed by atoms with Crippen LogP contribution in [0.15, 0.2) is 30.9 Å². The van der Waals surface area contributed by atoms with Gasteiger partial charge in [-0.15, -0.1) is 0 Å². The topological polar surface area (TPSA) is 67.8 Å². The molecule has 17 heavy (non-hydrogen) atoms. The van der Waals surface area contributed by atoms with Crippen LogP contribution in [0.3, 0.4) is 0 Å². The van der Waals surface area contributed by atoms with Gasteiger partial charge < -0.3 is 5.32 Å². The van der Waals surface area contributed by atoms with Gasteiger partial charge in [-0.05, 0) is 18.6 Å². The molecule has 5 nitrogen and oxygen atoms in total. The lowest BCUT2D eigenvalue weighted by Gasteiger charge is -2.04. The molecule has 0 aliphatic carbocycles. The normalized spacial score (nSPS) is 10.0. The molecule has 0 unspecified atom stereocenters. The van der Waals surface area contributed by atoms with Crippen molar-refractivity contribution in [1.82, 2.24) is 15.0 Å². The van der Waals surface area contributed by atoms with Gasteiger partial charge in [0.25, 0.3) is 5.91 Å². The number of aryl methyl sites for hydroxylation is 1. The van der Waals surface area contributed by atoms with Crippen LogP contribution in [0.4, 0.5) is 5.69 Å². The number of carbonyl (C=O) groups is 1. The van der Waals surface area contributed by atoms with Gasteiger partial charge in [-0.25, -0.2) is 4.98 Å². The smallest absolute Gasteiger partial charge is 0.275 e. The van der Waals surface area contributed by atoms with Crippen LogP contribution in [0.25, 0.3) is 0 Å². The number of anilines is 1. The first-order valence-corrected chi connectivity index (χ1v) is 5.23. The first-order valence-electron chi connectivity index (χ1n) is 4.86. The SMILES string of the molecule is Cc1cncc(NC(=O)c2cncc(Cl)n2)c1. The molecule has 2 aromatic heterocycles. The van der Waals surface area contributed by atoms with E-state index in [2.05, 4.69) is 20.3 Å². The molecule has 0 aliphatic heterocycles. The van der Waals surface area contributed by atoms with Gasteiger partial charge in [0.05, 0.1) is 24.3 Å². The van der Waals surface area contributed by atoms with Crippen molar-refractivity contribution in [2.75, 3.05) is 5.32 Å². The van der Waals surface area contributed by atoms with Crippen molar-refractivity contribution in [2.24, 2.45) is 0 Å². The van der Waals surface area contributed by atoms with Crippen molar-refractivity contribution < 1.29 is 4.79 Å². The second-order valence-corrected chi connectivity index (χ2v) is 3.82. The van der Waals surface area contributed by atoms with Crippen molar-refractivity contribution in [3.05, 3.63) is 47.3 Å². The van der Waals surface area contributed by atoms with Crippen molar-refractivity contribution in [3.8, 4) is 0 Å². The Labute approximate surface area is 103 Å². The van der Waals surface area contributed by atoms with Crippen LogP contribution >= 0.6 is 11.6 Å². The van der Waals surface area contributed by atoms with Gasteiger partial charge in [0, 0.05) is 6.20 Å². The Bertz CT molecular complexity index is 559. The average molecular weight is 249 g/mol. The van der Waals surface area contributed by atoms with Gasteiger partial charge in [0.2, 0.25) is 0 Å². The maximum absolute atomic E-state index is 11.8. The molecule has 2 heterocycles. The maximum Gasteiger partial charge on any atom is 0.275 e. The zero-order valence-electron chi connectivity index (χ0n) is 9.01. The Morgan fingerprint density at radius 2 is 2.00 bits per heavy atom. The van der Waals surface area contributed by atoms with Crippen molar-refractivity contribution >= 4 is 23.2 Å². The second kappa shape index (κ2) is 4.88. The van der Waals surface area contributed by atoms with E-state index in [4.69, 9.17) is 11.6 Å². The summed E-state index contributed by atoms with van der Waals surface area (Å²) in [5.74, 6) is -0.368. The summed E-state index contributed by atoms with van der Waals surface area (Å²) < 4.78 is 0. The third-order valence-corrected chi connectivity index (χ3v) is 2.15. The van der Waals surface area contributed by atoms with Crippen LogP contribution in [0.2, 0.25) is 5.15 Å². The number of hydrogen-bond acceptors (Lipinski definition) is 4. The molecule has 0 fully saturated rings. The van der Waals surface area contributed by atoms with E-state index in [9.17, 15) is 4.79 Å². The molecule has 2 rings (SSSR count). The predicted molar refractivity (Wildman–Crippen MR) is 64.0 cm³/mol. The lowest BCUT2D eigenvalue weighted by Crippen LogP contribution is -2.14. The molecule has 6 heteroatoms. The first-order chi connectivity index (χ1) is 8.15. The van der Waals surface area contributed by atoms with Gasteiger partial charge in [-0.2, -0.15) is 0 Å². The highest BCUT2D eigenvalue weighted by atomic mass is 35.5. The van der Waals surface area contributed by atoms with E-state index >= 15 is 0 Å². The monoisotopic (exact) mass is 248 g/mol. The van der Waals surface area contributed by atoms with Crippen LogP contribution in [0, 0.1) is 6.92 Å². The van der Waals surface area contributed by atoms with Crippen molar-refractivity contribution in [2.45, 2.75) is 6.92 Å². The molecular formula is C11H9ClN4O. The fourth-order valence-electron chi connectivity index (χ4n) is 1.27. The molecular weight excluding hydrogens is 240 g/mol. The number of pyridine rings is 1. The molecule has 0 spiro atoms. The maximum atomic E-state index is 11.8. The lowest BCUT2D eigenvalue weighted by molar-refractivity contribution is 0.102. The summed E-state index contributed by atoms with van der Waals surface area (Å²) in [6.45, 7) is 1.89. The van der Waals surface area contributed by atoms with Crippen LogP contribution < -0.4 is 5.32 Å². The molecule has 0 saturated carbocycles. The van der Waals surface area contributed by atoms with Gasteiger partial charge in [-0.3, -0.25) is 14.8 Å². The highest BCUT2D eigenvalue weighted by Crippen LogP contribution is 2.09. The largest absolute Gasteiger partial charge is 0.319 e. The fraction of sp³-hybridized carbons (Fsp3) is 0.0909. The summed E-state index contributed by atoms with van der Waals surface area (Å²) in [6, 6.07) is 1.81. The Morgan fingerprint density at radius 1 is 1.24 bits per heavy atom. The molecule has 0 bridgehead atoms. The molecule has 0 aromatic carbocycles. The van der Waals surface area contributed by atoms with E-state index < -0.39 is 0 Å². The third kappa shape index (κ3) is 2.98. The molecule has 1 N–H and O–H groups in total. The number of amides is 1. The molecule has 0 saturated heterocycles. The Morgan fingerprint density at radius 3 is 2.71 bits per heavy atom. The zero-order chi connectivity index (χ0) is 12.3. The summed E-state index contributed by atoms with van der Waals surface area (Å²) in [4.78, 5) is 23.4. The van der Waals surface area contributed by atoms with E-state index in [1.54, 1.807) is 12.4 Å². The van der Waals surface area contributed by atoms with Gasteiger partial charge in [-0.1, -0.05) is 11.6 Å². The highest BCUT2D eigenvalue weighted by Gasteiger charge is 2.08. The number of aromatic nitrogens is 3. The number of halogens is 1. The minimum atomic E-state index is -0.368. The number of nitrogens with one attached hydrogen (secondary N) is 1. The Kier molecular flexibility index (Phi) is 3.30. The molecule has 0 radical (unpaired) electrons. The van der Waals surface area contributed by atoms with Gasteiger partial charge in [0.1, 0.15) is 10.8 Å². The Hall–Kier alpha value is -2.01. The van der Waals surface area contributed by atoms with E-state index in [1.807, 2.05) is 13.0 Å². The summed E-state index contributed by atoms with van der Waals surface area (Å²) >= 11 is 5.65. The fourth-order valence-corrected chi connectivity index (χ4v) is 1.42. The van der Waals surface area contributed by atoms with Crippen LogP contribution in [0.1, 0.15) is 16.1 Å². The minimum absolute atomic E-state index is 0.166. The summed E-state index contributed by atoms with van der Waals surface area (Å²) in [6.07, 6.45) is 5.98. The molecule has 2 aromatic rings. The summed E-state index contributed by atoms with van der Waals surface area (Å²) in [7, 11) is 0.